The molecule has 0 atom stereocenters. The Morgan fingerprint density at radius 3 is 2.63 bits per heavy atom. The lowest BCUT2D eigenvalue weighted by Gasteiger charge is -2.14. The van der Waals surface area contributed by atoms with Crippen molar-refractivity contribution in [2.75, 3.05) is 13.6 Å². The minimum Gasteiger partial charge on any atom is -0.484 e. The van der Waals surface area contributed by atoms with Crippen molar-refractivity contribution >= 4 is 21.4 Å². The second kappa shape index (κ2) is 8.20. The van der Waals surface area contributed by atoms with Crippen molar-refractivity contribution in [3.8, 4) is 5.75 Å². The summed E-state index contributed by atoms with van der Waals surface area (Å²) in [5.74, 6) is 1.55. The van der Waals surface area contributed by atoms with Crippen LogP contribution in [0, 0.1) is 13.8 Å². The van der Waals surface area contributed by atoms with Gasteiger partial charge in [-0.05, 0) is 48.6 Å². The first-order chi connectivity index (χ1) is 12.8. The Balaban J connectivity index is 1.55. The summed E-state index contributed by atoms with van der Waals surface area (Å²) in [4.78, 5) is 4.27. The molecule has 9 heteroatoms. The molecule has 0 radical (unpaired) electrons. The molecule has 0 N–H and O–H groups in total. The Hall–Kier alpha value is -2.23. The number of thiophene rings is 1. The van der Waals surface area contributed by atoms with Gasteiger partial charge in [-0.3, -0.25) is 0 Å². The lowest BCUT2D eigenvalue weighted by molar-refractivity contribution is 0.242. The molecule has 0 fully saturated rings. The molecule has 27 heavy (non-hydrogen) atoms. The SMILES string of the molecule is Cc1cc(C)cc(OCc2nc(CCN(C)S(=O)(=O)c3cccs3)no2)c1. The van der Waals surface area contributed by atoms with Gasteiger partial charge in [-0.25, -0.2) is 8.42 Å². The second-order valence-electron chi connectivity index (χ2n) is 6.23. The smallest absolute Gasteiger partial charge is 0.264 e. The lowest BCUT2D eigenvalue weighted by atomic mass is 10.1. The maximum absolute atomic E-state index is 12.4. The number of hydrogen-bond donors (Lipinski definition) is 0. The quantitative estimate of drug-likeness (QED) is 0.570. The zero-order valence-corrected chi connectivity index (χ0v) is 17.0. The van der Waals surface area contributed by atoms with Gasteiger partial charge in [0.2, 0.25) is 0 Å². The molecule has 0 saturated heterocycles. The highest BCUT2D eigenvalue weighted by Crippen LogP contribution is 2.20. The average molecular weight is 408 g/mol. The fourth-order valence-corrected chi connectivity index (χ4v) is 4.93. The van der Waals surface area contributed by atoms with Crippen LogP contribution in [0.1, 0.15) is 22.8 Å². The number of hydrogen-bond acceptors (Lipinski definition) is 7. The number of likely N-dealkylation sites (N-methyl/N-ethyl adjacent to an activating group) is 1. The topological polar surface area (TPSA) is 85.5 Å². The Morgan fingerprint density at radius 1 is 1.22 bits per heavy atom. The molecule has 0 unspecified atom stereocenters. The van der Waals surface area contributed by atoms with Crippen LogP contribution in [0.5, 0.6) is 5.75 Å². The van der Waals surface area contributed by atoms with Crippen LogP contribution in [-0.4, -0.2) is 36.5 Å². The maximum Gasteiger partial charge on any atom is 0.264 e. The first-order valence-corrected chi connectivity index (χ1v) is 10.7. The van der Waals surface area contributed by atoms with Crippen LogP contribution in [0.15, 0.2) is 44.4 Å². The molecule has 3 rings (SSSR count). The summed E-state index contributed by atoms with van der Waals surface area (Å²) in [6, 6.07) is 9.25. The van der Waals surface area contributed by atoms with Crippen molar-refractivity contribution in [2.45, 2.75) is 31.1 Å². The Morgan fingerprint density at radius 2 is 1.96 bits per heavy atom. The van der Waals surface area contributed by atoms with Gasteiger partial charge in [-0.2, -0.15) is 9.29 Å². The predicted molar refractivity (Wildman–Crippen MR) is 102 cm³/mol. The van der Waals surface area contributed by atoms with Gasteiger partial charge in [-0.1, -0.05) is 17.3 Å². The van der Waals surface area contributed by atoms with E-state index in [9.17, 15) is 8.42 Å². The van der Waals surface area contributed by atoms with Crippen molar-refractivity contribution in [3.63, 3.8) is 0 Å². The van der Waals surface area contributed by atoms with Crippen molar-refractivity contribution in [1.82, 2.24) is 14.4 Å². The van der Waals surface area contributed by atoms with Crippen molar-refractivity contribution in [3.05, 3.63) is 58.6 Å². The largest absolute Gasteiger partial charge is 0.484 e. The van der Waals surface area contributed by atoms with E-state index in [-0.39, 0.29) is 13.2 Å². The summed E-state index contributed by atoms with van der Waals surface area (Å²) in [6.07, 6.45) is 0.355. The summed E-state index contributed by atoms with van der Waals surface area (Å²) in [5.41, 5.74) is 2.23. The number of benzene rings is 1. The highest BCUT2D eigenvalue weighted by atomic mass is 32.2. The third-order valence-corrected chi connectivity index (χ3v) is 7.11. The Labute approximate surface area is 162 Å². The van der Waals surface area contributed by atoms with Crippen molar-refractivity contribution in [1.29, 1.82) is 0 Å². The van der Waals surface area contributed by atoms with Gasteiger partial charge < -0.3 is 9.26 Å². The monoisotopic (exact) mass is 407 g/mol. The summed E-state index contributed by atoms with van der Waals surface area (Å²) in [7, 11) is -1.93. The van der Waals surface area contributed by atoms with E-state index in [1.165, 1.54) is 15.6 Å². The van der Waals surface area contributed by atoms with Crippen LogP contribution in [0.2, 0.25) is 0 Å². The highest BCUT2D eigenvalue weighted by Gasteiger charge is 2.22. The molecule has 2 aromatic heterocycles. The van der Waals surface area contributed by atoms with E-state index >= 15 is 0 Å². The van der Waals surface area contributed by atoms with Gasteiger partial charge in [0, 0.05) is 20.0 Å². The van der Waals surface area contributed by atoms with Gasteiger partial charge in [0.25, 0.3) is 15.9 Å². The first kappa shape index (κ1) is 19.5. The summed E-state index contributed by atoms with van der Waals surface area (Å²) < 4.78 is 37.3. The number of aromatic nitrogens is 2. The van der Waals surface area contributed by atoms with Gasteiger partial charge >= 0.3 is 0 Å². The predicted octanol–water partition coefficient (Wildman–Crippen LogP) is 3.19. The molecule has 3 aromatic rings. The van der Waals surface area contributed by atoms with Crippen LogP contribution in [0.3, 0.4) is 0 Å². The minimum absolute atomic E-state index is 0.166. The van der Waals surface area contributed by atoms with E-state index < -0.39 is 10.0 Å². The van der Waals surface area contributed by atoms with Gasteiger partial charge in [0.15, 0.2) is 12.4 Å². The molecule has 0 aliphatic rings. The normalized spacial score (nSPS) is 11.9. The third-order valence-electron chi connectivity index (χ3n) is 3.88. The van der Waals surface area contributed by atoms with Crippen molar-refractivity contribution in [2.24, 2.45) is 0 Å². The molecule has 144 valence electrons. The molecular formula is C18H21N3O4S2. The first-order valence-electron chi connectivity index (χ1n) is 8.37. The zero-order valence-electron chi connectivity index (χ0n) is 15.4. The minimum atomic E-state index is -3.47. The highest BCUT2D eigenvalue weighted by molar-refractivity contribution is 7.91. The van der Waals surface area contributed by atoms with Crippen LogP contribution in [0.4, 0.5) is 0 Å². The molecule has 0 aliphatic carbocycles. The third kappa shape index (κ3) is 4.94. The second-order valence-corrected chi connectivity index (χ2v) is 9.44. The average Bonchev–Trinajstić information content (AvgIpc) is 3.29. The van der Waals surface area contributed by atoms with E-state index in [1.807, 2.05) is 26.0 Å². The van der Waals surface area contributed by atoms with E-state index in [4.69, 9.17) is 9.26 Å². The molecule has 0 bridgehead atoms. The van der Waals surface area contributed by atoms with Crippen LogP contribution < -0.4 is 4.74 Å². The number of nitrogens with zero attached hydrogens (tertiary/aromatic N) is 3. The maximum atomic E-state index is 12.4. The van der Waals surface area contributed by atoms with Gasteiger partial charge in [0.1, 0.15) is 9.96 Å². The van der Waals surface area contributed by atoms with Gasteiger partial charge in [0.05, 0.1) is 0 Å². The standard InChI is InChI=1S/C18H21N3O4S2/c1-13-9-14(2)11-15(10-13)24-12-17-19-16(20-25-17)6-7-21(3)27(22,23)18-5-4-8-26-18/h4-5,8-11H,6-7,12H2,1-3H3. The molecule has 0 aliphatic heterocycles. The molecule has 0 spiro atoms. The Kier molecular flexibility index (Phi) is 5.93. The zero-order chi connectivity index (χ0) is 19.4. The summed E-state index contributed by atoms with van der Waals surface area (Å²) in [5, 5.41) is 5.63. The molecule has 0 amide bonds. The molecule has 7 nitrogen and oxygen atoms in total. The fourth-order valence-electron chi connectivity index (χ4n) is 2.55. The lowest BCUT2D eigenvalue weighted by Crippen LogP contribution is -2.28. The molecular weight excluding hydrogens is 386 g/mol. The van der Waals surface area contributed by atoms with Crippen molar-refractivity contribution < 1.29 is 17.7 Å². The number of ether oxygens (including phenoxy) is 1. The van der Waals surface area contributed by atoms with Crippen LogP contribution >= 0.6 is 11.3 Å². The van der Waals surface area contributed by atoms with E-state index in [2.05, 4.69) is 16.2 Å². The molecule has 2 heterocycles. The van der Waals surface area contributed by atoms with Gasteiger partial charge in [-0.15, -0.1) is 11.3 Å². The molecule has 1 aromatic carbocycles. The fraction of sp³-hybridized carbons (Fsp3) is 0.333. The molecule has 0 saturated carbocycles. The number of sulfonamides is 1. The van der Waals surface area contributed by atoms with Crippen LogP contribution in [0.25, 0.3) is 0 Å². The van der Waals surface area contributed by atoms with E-state index in [0.29, 0.717) is 22.3 Å². The van der Waals surface area contributed by atoms with Crippen LogP contribution in [-0.2, 0) is 23.1 Å². The summed E-state index contributed by atoms with van der Waals surface area (Å²) in [6.45, 7) is 4.44. The summed E-state index contributed by atoms with van der Waals surface area (Å²) >= 11 is 1.19. The Bertz CT molecular complexity index is 977. The van der Waals surface area contributed by atoms with E-state index in [0.717, 1.165) is 16.9 Å². The van der Waals surface area contributed by atoms with E-state index in [1.54, 1.807) is 24.6 Å². The number of rotatable bonds is 8. The number of aryl methyl sites for hydroxylation is 2.